The summed E-state index contributed by atoms with van der Waals surface area (Å²) in [7, 11) is 4.81. The number of rotatable bonds is 5. The van der Waals surface area contributed by atoms with Gasteiger partial charge in [-0.05, 0) is 43.5 Å². The molecule has 6 rings (SSSR count). The molecule has 2 bridgehead atoms. The van der Waals surface area contributed by atoms with Crippen LogP contribution in [0.4, 0.5) is 5.82 Å². The fourth-order valence-electron chi connectivity index (χ4n) is 6.47. The molecule has 1 fully saturated rings. The summed E-state index contributed by atoms with van der Waals surface area (Å²) in [6, 6.07) is 7.54. The van der Waals surface area contributed by atoms with Crippen LogP contribution in [0.5, 0.6) is 17.2 Å². The molecule has 46 heavy (non-hydrogen) atoms. The standard InChI is InChI=1S/C33H41N7O6/c1-5-38-14-15-39(33(42)29-23-9-6-11-34-31(23)37-46-29)13-10-27(41)35-18-21-8-7-12-40(19-21)32-22(20-38)16-24-25(36-32)17-26(43-2)30(45-4)28(24)44-3/h6,9,11,16-17,21H,5,7-8,10,12-15,18-20H2,1-4H3,(H,35,41). The van der Waals surface area contributed by atoms with Crippen molar-refractivity contribution in [2.45, 2.75) is 32.7 Å². The summed E-state index contributed by atoms with van der Waals surface area (Å²) in [5.74, 6) is 2.52. The quantitative estimate of drug-likeness (QED) is 0.347. The first-order valence-electron chi connectivity index (χ1n) is 15.8. The van der Waals surface area contributed by atoms with Gasteiger partial charge in [0.1, 0.15) is 5.82 Å². The maximum atomic E-state index is 13.8. The molecule has 1 atom stereocenters. The topological polar surface area (TPSA) is 135 Å². The first-order chi connectivity index (χ1) is 22.4. The Morgan fingerprint density at radius 2 is 1.91 bits per heavy atom. The van der Waals surface area contributed by atoms with Gasteiger partial charge in [0.25, 0.3) is 5.91 Å². The summed E-state index contributed by atoms with van der Waals surface area (Å²) < 4.78 is 22.6. The number of aromatic nitrogens is 3. The third-order valence-corrected chi connectivity index (χ3v) is 8.96. The van der Waals surface area contributed by atoms with Crippen LogP contribution in [0, 0.1) is 5.92 Å². The number of piperidine rings is 1. The second kappa shape index (κ2) is 13.8. The number of pyridine rings is 2. The Morgan fingerprint density at radius 1 is 1.07 bits per heavy atom. The average Bonchev–Trinajstić information content (AvgIpc) is 3.52. The minimum absolute atomic E-state index is 0.0844. The van der Waals surface area contributed by atoms with Crippen molar-refractivity contribution in [1.29, 1.82) is 0 Å². The first kappa shape index (κ1) is 31.3. The molecule has 4 aromatic rings. The number of benzene rings is 1. The zero-order valence-corrected chi connectivity index (χ0v) is 26.9. The molecule has 0 aliphatic carbocycles. The Morgan fingerprint density at radius 3 is 2.70 bits per heavy atom. The molecule has 5 heterocycles. The minimum atomic E-state index is -0.315. The number of hydrogen-bond donors (Lipinski definition) is 1. The number of carbonyl (C=O) groups excluding carboxylic acids is 2. The SMILES string of the molecule is CCN1CCN(C(=O)c2onc3ncccc23)CCC(=O)NCC2CCCN(C2)c2nc3cc(OC)c(OC)c(OC)c3cc2C1. The highest BCUT2D eigenvalue weighted by Gasteiger charge is 2.28. The molecule has 1 unspecified atom stereocenters. The lowest BCUT2D eigenvalue weighted by atomic mass is 9.97. The summed E-state index contributed by atoms with van der Waals surface area (Å²) in [6.45, 7) is 6.85. The van der Waals surface area contributed by atoms with Gasteiger partial charge in [-0.3, -0.25) is 14.5 Å². The van der Waals surface area contributed by atoms with Crippen LogP contribution in [0.1, 0.15) is 42.3 Å². The maximum absolute atomic E-state index is 13.8. The van der Waals surface area contributed by atoms with Gasteiger partial charge in [0.2, 0.25) is 23.1 Å². The number of fused-ring (bicyclic) bond motifs is 6. The first-order valence-corrected chi connectivity index (χ1v) is 15.8. The molecule has 2 aliphatic rings. The Hall–Kier alpha value is -4.65. The number of nitrogens with zero attached hydrogens (tertiary/aromatic N) is 6. The molecule has 13 nitrogen and oxygen atoms in total. The van der Waals surface area contributed by atoms with Crippen LogP contribution in [-0.4, -0.2) is 104 Å². The van der Waals surface area contributed by atoms with Gasteiger partial charge in [-0.1, -0.05) is 12.1 Å². The van der Waals surface area contributed by atoms with E-state index in [1.54, 1.807) is 44.6 Å². The molecule has 0 spiro atoms. The van der Waals surface area contributed by atoms with Crippen LogP contribution in [0.2, 0.25) is 0 Å². The smallest absolute Gasteiger partial charge is 0.293 e. The van der Waals surface area contributed by atoms with E-state index in [1.807, 2.05) is 6.07 Å². The number of methoxy groups -OCH3 is 3. The van der Waals surface area contributed by atoms with E-state index in [0.29, 0.717) is 54.5 Å². The Labute approximate surface area is 267 Å². The average molecular weight is 632 g/mol. The zero-order valence-electron chi connectivity index (χ0n) is 26.9. The summed E-state index contributed by atoms with van der Waals surface area (Å²) in [5.41, 5.74) is 2.17. The summed E-state index contributed by atoms with van der Waals surface area (Å²) in [6.07, 6.45) is 3.80. The Bertz CT molecular complexity index is 1730. The molecule has 1 saturated heterocycles. The number of carbonyl (C=O) groups is 2. The summed E-state index contributed by atoms with van der Waals surface area (Å²) >= 11 is 0. The van der Waals surface area contributed by atoms with Crippen LogP contribution >= 0.6 is 0 Å². The van der Waals surface area contributed by atoms with E-state index in [0.717, 1.165) is 54.8 Å². The molecule has 244 valence electrons. The minimum Gasteiger partial charge on any atom is -0.493 e. The third-order valence-electron chi connectivity index (χ3n) is 8.96. The molecule has 1 N–H and O–H groups in total. The molecular weight excluding hydrogens is 590 g/mol. The van der Waals surface area contributed by atoms with Crippen molar-refractivity contribution in [1.82, 2.24) is 30.2 Å². The predicted molar refractivity (Wildman–Crippen MR) is 173 cm³/mol. The largest absolute Gasteiger partial charge is 0.493 e. The van der Waals surface area contributed by atoms with Gasteiger partial charge < -0.3 is 33.9 Å². The van der Waals surface area contributed by atoms with Crippen LogP contribution in [0.3, 0.4) is 0 Å². The van der Waals surface area contributed by atoms with Crippen molar-refractivity contribution >= 4 is 39.6 Å². The van der Waals surface area contributed by atoms with Gasteiger partial charge >= 0.3 is 0 Å². The molecule has 2 aliphatic heterocycles. The molecule has 3 aromatic heterocycles. The summed E-state index contributed by atoms with van der Waals surface area (Å²) in [5, 5.41) is 8.47. The predicted octanol–water partition coefficient (Wildman–Crippen LogP) is 3.50. The van der Waals surface area contributed by atoms with Crippen molar-refractivity contribution in [2.24, 2.45) is 5.92 Å². The number of ether oxygens (including phenoxy) is 3. The van der Waals surface area contributed by atoms with E-state index in [1.165, 1.54) is 0 Å². The van der Waals surface area contributed by atoms with Crippen molar-refractivity contribution in [3.63, 3.8) is 0 Å². The van der Waals surface area contributed by atoms with E-state index in [2.05, 4.69) is 38.2 Å². The van der Waals surface area contributed by atoms with E-state index in [9.17, 15) is 9.59 Å². The molecule has 2 amide bonds. The monoisotopic (exact) mass is 631 g/mol. The van der Waals surface area contributed by atoms with Crippen LogP contribution in [0.15, 0.2) is 35.0 Å². The lowest BCUT2D eigenvalue weighted by Gasteiger charge is -2.35. The van der Waals surface area contributed by atoms with Crippen LogP contribution < -0.4 is 24.4 Å². The summed E-state index contributed by atoms with van der Waals surface area (Å²) in [4.78, 5) is 42.5. The zero-order chi connectivity index (χ0) is 32.2. The van der Waals surface area contributed by atoms with Gasteiger partial charge in [-0.15, -0.1) is 0 Å². The lowest BCUT2D eigenvalue weighted by Crippen LogP contribution is -2.42. The van der Waals surface area contributed by atoms with E-state index in [-0.39, 0.29) is 36.5 Å². The second-order valence-corrected chi connectivity index (χ2v) is 11.7. The van der Waals surface area contributed by atoms with Crippen molar-refractivity contribution in [3.8, 4) is 17.2 Å². The number of hydrogen-bond acceptors (Lipinski definition) is 11. The van der Waals surface area contributed by atoms with Crippen molar-refractivity contribution < 1.29 is 28.3 Å². The molecule has 13 heteroatoms. The Balaban J connectivity index is 1.39. The fraction of sp³-hybridized carbons (Fsp3) is 0.485. The molecule has 0 radical (unpaired) electrons. The molecule has 0 saturated carbocycles. The third kappa shape index (κ3) is 6.23. The van der Waals surface area contributed by atoms with E-state index in [4.69, 9.17) is 23.7 Å². The van der Waals surface area contributed by atoms with Gasteiger partial charge in [0, 0.05) is 75.4 Å². The fourth-order valence-corrected chi connectivity index (χ4v) is 6.47. The van der Waals surface area contributed by atoms with Gasteiger partial charge in [-0.25, -0.2) is 9.97 Å². The van der Waals surface area contributed by atoms with Crippen molar-refractivity contribution in [3.05, 3.63) is 41.8 Å². The number of amides is 2. The highest BCUT2D eigenvalue weighted by atomic mass is 16.5. The van der Waals surface area contributed by atoms with Gasteiger partial charge in [0.05, 0.1) is 32.2 Å². The second-order valence-electron chi connectivity index (χ2n) is 11.7. The molecular formula is C33H41N7O6. The Kier molecular flexibility index (Phi) is 9.38. The maximum Gasteiger partial charge on any atom is 0.293 e. The number of nitrogens with one attached hydrogen (secondary N) is 1. The van der Waals surface area contributed by atoms with E-state index >= 15 is 0 Å². The van der Waals surface area contributed by atoms with Crippen LogP contribution in [0.25, 0.3) is 21.9 Å². The molecule has 1 aromatic carbocycles. The number of anilines is 1. The van der Waals surface area contributed by atoms with Gasteiger partial charge in [0.15, 0.2) is 11.5 Å². The van der Waals surface area contributed by atoms with Crippen LogP contribution in [-0.2, 0) is 11.3 Å². The lowest BCUT2D eigenvalue weighted by molar-refractivity contribution is -0.121. The highest BCUT2D eigenvalue weighted by Crippen LogP contribution is 2.44. The van der Waals surface area contributed by atoms with Gasteiger partial charge in [-0.2, -0.15) is 0 Å². The normalized spacial score (nSPS) is 18.4. The number of likely N-dealkylation sites (N-methyl/N-ethyl adjacent to an activating group) is 1. The van der Waals surface area contributed by atoms with E-state index < -0.39 is 0 Å². The van der Waals surface area contributed by atoms with Crippen molar-refractivity contribution in [2.75, 3.05) is 72.0 Å². The highest BCUT2D eigenvalue weighted by molar-refractivity contribution is 6.02.